The second-order valence-corrected chi connectivity index (χ2v) is 44.6. The topological polar surface area (TPSA) is 489 Å². The average Bonchev–Trinajstić information content (AvgIpc) is 1.41. The third-order valence-corrected chi connectivity index (χ3v) is 26.1. The number of epoxide rings is 2. The number of rotatable bonds is 55. The molecule has 150 heavy (non-hydrogen) atoms. The molecule has 820 valence electrons. The van der Waals surface area contributed by atoms with Crippen LogP contribution in [0.1, 0.15) is 205 Å². The summed E-state index contributed by atoms with van der Waals surface area (Å²) in [5.41, 5.74) is 5.54. The molecule has 0 radical (unpaired) electrons. The minimum atomic E-state index is -3.92. The number of nitrogens with zero attached hydrogens (tertiary/aromatic N) is 4. The van der Waals surface area contributed by atoms with Crippen molar-refractivity contribution < 1.29 is 130 Å². The van der Waals surface area contributed by atoms with Crippen LogP contribution >= 0.6 is 0 Å². The van der Waals surface area contributed by atoms with E-state index in [2.05, 4.69) is 42.6 Å². The van der Waals surface area contributed by atoms with E-state index in [1.165, 1.54) is 13.8 Å². The third-order valence-electron chi connectivity index (χ3n) is 26.1. The Morgan fingerprint density at radius 2 is 0.780 bits per heavy atom. The number of carbonyl (C=O) groups excluding carboxylic acids is 12. The lowest BCUT2D eigenvalue weighted by Gasteiger charge is -2.41. The molecule has 4 fully saturated rings. The van der Waals surface area contributed by atoms with Crippen molar-refractivity contribution in [1.29, 1.82) is 0 Å². The zero-order valence-electron chi connectivity index (χ0n) is 88.9. The molecule has 6 aromatic carbocycles. The maximum atomic E-state index is 14.7. The number of aromatic amines is 1. The van der Waals surface area contributed by atoms with E-state index in [-0.39, 0.29) is 131 Å². The fourth-order valence-corrected chi connectivity index (χ4v) is 18.5. The fourth-order valence-electron chi connectivity index (χ4n) is 18.5. The highest BCUT2D eigenvalue weighted by atomic mass is 32.2. The molecule has 0 bridgehead atoms. The van der Waals surface area contributed by atoms with Crippen LogP contribution in [-0.2, 0) is 142 Å². The Labute approximate surface area is 884 Å². The third kappa shape index (κ3) is 44.5. The van der Waals surface area contributed by atoms with Gasteiger partial charge in [0.2, 0.25) is 23.6 Å². The highest BCUT2D eigenvalue weighted by molar-refractivity contribution is 7.85. The number of terminal acetylenes is 1. The predicted molar refractivity (Wildman–Crippen MR) is 563 cm³/mol. The van der Waals surface area contributed by atoms with E-state index in [1.54, 1.807) is 26.1 Å². The maximum absolute atomic E-state index is 14.7. The predicted octanol–water partition coefficient (Wildman–Crippen LogP) is 12.1. The number of aromatic nitrogens is 3. The average molecular weight is 2120 g/mol. The number of H-pyrrole nitrogens is 1. The van der Waals surface area contributed by atoms with Crippen molar-refractivity contribution in [1.82, 2.24) is 36.7 Å². The van der Waals surface area contributed by atoms with Crippen LogP contribution < -0.4 is 40.2 Å². The van der Waals surface area contributed by atoms with Crippen LogP contribution in [0.25, 0.3) is 0 Å². The Bertz CT molecular complexity index is 5840. The molecule has 0 unspecified atom stereocenters. The number of hydrogen-bond donors (Lipinski definition) is 5. The SMILES string of the molecule is C.C#CCOc1cc(C[N+]2(CC(=O)C[C@@H](CCc3ccccc3)C(=O)N[C@@H](CC(C)C)C(=O)C[C@@H](Cc3ccccc3)C(=O)N[C@@H](CC(C)C)C(=O)[C@@]3(C)CO3)CCOCC2)cc(C)c1OC(C)=O.CC(=O)Oc1c(C)cc(C[N+]2(CC(=O)C[C@@H](CCc3ccccc3)C(=O)N[C@@H](CC(C)C)C(=O)C[C@@H](Cc3ccccc3)C(=O)N[C@@H](CC(C)C)C(=O)[C@@]3(C)CO3)CCOCC2)cc1OCc1cn[nH]n1.CS(=O)(=O)[O-].CS(=O)(=O)[O-]. The Balaban J connectivity index is 0.000000370. The first-order chi connectivity index (χ1) is 70.3. The second kappa shape index (κ2) is 59.7. The van der Waals surface area contributed by atoms with Crippen molar-refractivity contribution in [3.05, 3.63) is 202 Å². The number of hydrogen-bond acceptors (Lipinski definition) is 28. The molecule has 4 aliphatic heterocycles. The maximum Gasteiger partial charge on any atom is 0.308 e. The van der Waals surface area contributed by atoms with E-state index in [0.717, 1.165) is 33.4 Å². The number of carbonyl (C=O) groups is 12. The van der Waals surface area contributed by atoms with Crippen molar-refractivity contribution in [2.24, 2.45) is 47.3 Å². The number of esters is 2. The number of ether oxygens (including phenoxy) is 8. The van der Waals surface area contributed by atoms with Crippen molar-refractivity contribution in [2.45, 2.75) is 249 Å². The van der Waals surface area contributed by atoms with Gasteiger partial charge in [0.05, 0.1) is 90.2 Å². The first-order valence-corrected chi connectivity index (χ1v) is 54.6. The van der Waals surface area contributed by atoms with Crippen LogP contribution in [-0.4, -0.2) is 254 Å². The van der Waals surface area contributed by atoms with Gasteiger partial charge >= 0.3 is 11.9 Å². The van der Waals surface area contributed by atoms with Crippen molar-refractivity contribution >= 4 is 90.5 Å². The summed E-state index contributed by atoms with van der Waals surface area (Å²) in [6, 6.07) is 42.5. The number of morpholine rings is 2. The van der Waals surface area contributed by atoms with E-state index in [1.807, 2.05) is 209 Å². The molecule has 4 saturated heterocycles. The molecular weight excluding hydrogens is 1960 g/mol. The van der Waals surface area contributed by atoms with Crippen molar-refractivity contribution in [3.63, 3.8) is 0 Å². The quantitative estimate of drug-likeness (QED) is 0.00590. The van der Waals surface area contributed by atoms with Gasteiger partial charge in [0.25, 0.3) is 0 Å². The first-order valence-electron chi connectivity index (χ1n) is 51.0. The minimum Gasteiger partial charge on any atom is -0.748 e. The number of quaternary nitrogens is 2. The molecule has 1 aromatic heterocycles. The van der Waals surface area contributed by atoms with Gasteiger partial charge in [-0.25, -0.2) is 16.8 Å². The van der Waals surface area contributed by atoms with Crippen molar-refractivity contribution in [2.75, 3.05) is 98.0 Å². The zero-order valence-corrected chi connectivity index (χ0v) is 90.5. The molecular formula is C113H155N9O26S2. The standard InChI is InChI=1S/C55H72N6O10.C55H71N3O10.2CH4O3S.CH4/c1-36(2)24-47(49(64)30-44(27-41-16-12-9-13-17-41)54(67)58-48(25-37(3)4)52(65)55(7)35-70-55)57-53(66)43(19-18-40-14-10-8-11-15-40)29-46(63)33-61(20-22-68-23-21-61)32-42-26-38(5)51(71-39(6)62)50(28-42)69-34-45-31-56-60-59-45;1-9-24-66-50-31-43(29-39(6)51(50)68-40(7)59)34-58(22-25-65-26-23-58)35-46(60)32-44(21-20-41-16-12-10-13-17-41)53(63)56-47(27-37(2)3)49(61)33-45(30-42-18-14-11-15-19-42)54(64)57-48(28-38(4)5)52(62)55(8)36-67-55;2*1-5(2,3)4;/h8-17,26,28,31,36-37,43-44,47-48H,18-25,27,29-30,32-35H2,1-7H3,(H2-,56,57,58,59,60,66,67);1,10-19,29,31,37-38,44-45,47-48H,20-28,30,32-36H2,2-8H3,(H-,56,57,63,64);2*1H3,(H,2,3,4);1H4/t43-,44-,47+,48+,55-;44-,45-,47+,48+,55-;;;/m11.../s1. The number of aryl methyl sites for hydroxylation is 4. The van der Waals surface area contributed by atoms with Gasteiger partial charge in [0.15, 0.2) is 57.7 Å². The number of nitrogens with one attached hydrogen (secondary N) is 5. The molecule has 0 aliphatic carbocycles. The lowest BCUT2D eigenvalue weighted by atomic mass is 9.87. The molecule has 7 aromatic rings. The van der Waals surface area contributed by atoms with Crippen LogP contribution in [0.2, 0.25) is 0 Å². The summed E-state index contributed by atoms with van der Waals surface area (Å²) in [6.45, 7) is 31.4. The van der Waals surface area contributed by atoms with Crippen LogP contribution in [0.5, 0.6) is 23.0 Å². The van der Waals surface area contributed by atoms with Gasteiger partial charge in [-0.15, -0.1) is 6.42 Å². The fraction of sp³-hybridized carbons (Fsp3) is 0.540. The Morgan fingerprint density at radius 1 is 0.467 bits per heavy atom. The molecule has 37 heteroatoms. The summed E-state index contributed by atoms with van der Waals surface area (Å²) in [7, 11) is -7.83. The zero-order chi connectivity index (χ0) is 110. The molecule has 10 atom stereocenters. The molecule has 4 aliphatic rings. The molecule has 0 spiro atoms. The van der Waals surface area contributed by atoms with E-state index in [0.29, 0.717) is 192 Å². The molecule has 35 nitrogen and oxygen atoms in total. The summed E-state index contributed by atoms with van der Waals surface area (Å²) in [5, 5.41) is 22.7. The van der Waals surface area contributed by atoms with Gasteiger partial charge < -0.3 is 77.2 Å². The van der Waals surface area contributed by atoms with Crippen LogP contribution in [0.3, 0.4) is 0 Å². The smallest absolute Gasteiger partial charge is 0.308 e. The Hall–Kier alpha value is -12.0. The lowest BCUT2D eigenvalue weighted by molar-refractivity contribution is -0.940. The van der Waals surface area contributed by atoms with E-state index >= 15 is 0 Å². The highest BCUT2D eigenvalue weighted by Gasteiger charge is 2.52. The van der Waals surface area contributed by atoms with Gasteiger partial charge in [-0.2, -0.15) is 15.4 Å². The highest BCUT2D eigenvalue weighted by Crippen LogP contribution is 2.39. The number of Topliss-reactive ketones (excluding diaryl/α,β-unsaturated/α-hetero) is 6. The van der Waals surface area contributed by atoms with Crippen molar-refractivity contribution in [3.8, 4) is 35.3 Å². The summed E-state index contributed by atoms with van der Waals surface area (Å²) < 4.78 is 101. The molecule has 0 saturated carbocycles. The number of benzene rings is 6. The first kappa shape index (κ1) is 125. The second-order valence-electron chi connectivity index (χ2n) is 41.8. The van der Waals surface area contributed by atoms with Gasteiger partial charge in [-0.3, -0.25) is 57.5 Å². The largest absolute Gasteiger partial charge is 0.748 e. The normalized spacial score (nSPS) is 17.4. The molecule has 11 rings (SSSR count). The van der Waals surface area contributed by atoms with E-state index in [4.69, 9.17) is 70.3 Å². The minimum absolute atomic E-state index is 0. The number of amides is 4. The van der Waals surface area contributed by atoms with Crippen LogP contribution in [0, 0.1) is 73.5 Å². The summed E-state index contributed by atoms with van der Waals surface area (Å²) in [5.74, 6) is -2.91. The molecule has 4 amide bonds. The van der Waals surface area contributed by atoms with Crippen LogP contribution in [0.15, 0.2) is 152 Å². The summed E-state index contributed by atoms with van der Waals surface area (Å²) in [4.78, 5) is 167. The lowest BCUT2D eigenvalue weighted by Crippen LogP contribution is -2.57. The van der Waals surface area contributed by atoms with E-state index in [9.17, 15) is 57.5 Å². The van der Waals surface area contributed by atoms with Gasteiger partial charge in [0.1, 0.15) is 82.5 Å². The summed E-state index contributed by atoms with van der Waals surface area (Å²) >= 11 is 0. The van der Waals surface area contributed by atoms with Crippen LogP contribution in [0.4, 0.5) is 0 Å². The van der Waals surface area contributed by atoms with E-state index < -0.39 is 115 Å². The monoisotopic (exact) mass is 2120 g/mol. The number of ketones is 6. The van der Waals surface area contributed by atoms with Gasteiger partial charge in [-0.1, -0.05) is 190 Å². The Kier molecular flexibility index (Phi) is 49.8. The van der Waals surface area contributed by atoms with Gasteiger partial charge in [0, 0.05) is 86.8 Å². The summed E-state index contributed by atoms with van der Waals surface area (Å²) in [6.07, 6.45) is 11.6. The molecule has 5 heterocycles. The van der Waals surface area contributed by atoms with Gasteiger partial charge in [-0.05, 0) is 173 Å². The molecule has 5 N–H and O–H groups in total. The Morgan fingerprint density at radius 3 is 1.09 bits per heavy atom.